The molecule has 3 rings (SSSR count). The van der Waals surface area contributed by atoms with Gasteiger partial charge in [0.05, 0.1) is 13.2 Å². The highest BCUT2D eigenvalue weighted by Crippen LogP contribution is 2.29. The summed E-state index contributed by atoms with van der Waals surface area (Å²) in [5.41, 5.74) is 3.88. The number of ketones is 1. The molecule has 0 unspecified atom stereocenters. The fourth-order valence-electron chi connectivity index (χ4n) is 4.34. The number of carbonyl (C=O) groups excluding carboxylic acids is 1. The van der Waals surface area contributed by atoms with Gasteiger partial charge in [-0.25, -0.2) is 0 Å². The molecule has 3 heteroatoms. The van der Waals surface area contributed by atoms with Crippen LogP contribution in [0.4, 0.5) is 0 Å². The summed E-state index contributed by atoms with van der Waals surface area (Å²) in [4.78, 5) is 13.1. The molecule has 0 aromatic heterocycles. The van der Waals surface area contributed by atoms with Gasteiger partial charge in [-0.05, 0) is 79.6 Å². The van der Waals surface area contributed by atoms with Gasteiger partial charge >= 0.3 is 0 Å². The molecule has 2 aromatic rings. The van der Waals surface area contributed by atoms with E-state index in [1.54, 1.807) is 0 Å². The zero-order valence-corrected chi connectivity index (χ0v) is 21.7. The van der Waals surface area contributed by atoms with Crippen molar-refractivity contribution in [1.29, 1.82) is 0 Å². The number of carbonyl (C=O) groups is 1. The second kappa shape index (κ2) is 15.2. The van der Waals surface area contributed by atoms with E-state index in [4.69, 9.17) is 9.47 Å². The molecule has 0 heterocycles. The summed E-state index contributed by atoms with van der Waals surface area (Å²) in [5, 5.41) is 0. The second-order valence-corrected chi connectivity index (χ2v) is 9.48. The largest absolute Gasteiger partial charge is 0.494 e. The Labute approximate surface area is 212 Å². The van der Waals surface area contributed by atoms with Crippen molar-refractivity contribution in [2.45, 2.75) is 84.5 Å². The molecule has 0 N–H and O–H groups in total. The highest BCUT2D eigenvalue weighted by atomic mass is 16.5. The quantitative estimate of drug-likeness (QED) is 0.203. The van der Waals surface area contributed by atoms with E-state index >= 15 is 0 Å². The normalized spacial score (nSPS) is 16.1. The van der Waals surface area contributed by atoms with Crippen LogP contribution in [0.1, 0.15) is 95.6 Å². The van der Waals surface area contributed by atoms with Crippen LogP contribution in [-0.2, 0) is 4.79 Å². The Hall–Kier alpha value is -2.81. The molecule has 1 saturated carbocycles. The standard InChI is InChI=1S/C32H42O3/c1-3-5-7-9-22-34-30-18-14-26(15-19-30)24-28-12-11-13-29(32(28)33)25-27-16-20-31(21-17-27)35-23-10-8-6-4-2/h14-21,24-25H,3-13,22-23H2,1-2H3/b28-24-,29-25+. The molecule has 0 atom stereocenters. The Kier molecular flexibility index (Phi) is 11.7. The van der Waals surface area contributed by atoms with E-state index in [1.807, 2.05) is 60.7 Å². The monoisotopic (exact) mass is 474 g/mol. The lowest BCUT2D eigenvalue weighted by Gasteiger charge is -2.17. The summed E-state index contributed by atoms with van der Waals surface area (Å²) >= 11 is 0. The molecule has 1 fully saturated rings. The van der Waals surface area contributed by atoms with E-state index in [-0.39, 0.29) is 5.78 Å². The third-order valence-corrected chi connectivity index (χ3v) is 6.45. The summed E-state index contributed by atoms with van der Waals surface area (Å²) < 4.78 is 11.7. The number of rotatable bonds is 14. The number of allylic oxidation sites excluding steroid dienone is 2. The zero-order valence-electron chi connectivity index (χ0n) is 21.7. The molecule has 0 amide bonds. The molecule has 3 nitrogen and oxygen atoms in total. The van der Waals surface area contributed by atoms with E-state index in [0.717, 1.165) is 79.1 Å². The van der Waals surface area contributed by atoms with Gasteiger partial charge in [0.1, 0.15) is 11.5 Å². The molecule has 0 saturated heterocycles. The van der Waals surface area contributed by atoms with Crippen LogP contribution in [0.5, 0.6) is 11.5 Å². The van der Waals surface area contributed by atoms with Gasteiger partial charge < -0.3 is 9.47 Å². The van der Waals surface area contributed by atoms with Crippen LogP contribution in [0.25, 0.3) is 12.2 Å². The minimum atomic E-state index is 0.170. The maximum atomic E-state index is 13.1. The molecule has 35 heavy (non-hydrogen) atoms. The number of benzene rings is 2. The fraction of sp³-hybridized carbons (Fsp3) is 0.469. The average Bonchev–Trinajstić information content (AvgIpc) is 2.88. The Morgan fingerprint density at radius 1 is 0.629 bits per heavy atom. The van der Waals surface area contributed by atoms with Crippen molar-refractivity contribution in [3.63, 3.8) is 0 Å². The Bertz CT molecular complexity index is 874. The molecule has 2 aromatic carbocycles. The molecule has 0 aliphatic heterocycles. The summed E-state index contributed by atoms with van der Waals surface area (Å²) in [5.74, 6) is 1.96. The van der Waals surface area contributed by atoms with Crippen LogP contribution in [0.15, 0.2) is 59.7 Å². The van der Waals surface area contributed by atoms with Crippen molar-refractivity contribution in [3.05, 3.63) is 70.8 Å². The van der Waals surface area contributed by atoms with Gasteiger partial charge in [-0.15, -0.1) is 0 Å². The first-order valence-corrected chi connectivity index (χ1v) is 13.6. The van der Waals surface area contributed by atoms with Gasteiger partial charge in [-0.3, -0.25) is 4.79 Å². The summed E-state index contributed by atoms with van der Waals surface area (Å²) in [6.07, 6.45) is 16.4. The van der Waals surface area contributed by atoms with E-state index < -0.39 is 0 Å². The molecule has 0 bridgehead atoms. The first kappa shape index (κ1) is 26.8. The zero-order chi connectivity index (χ0) is 24.7. The average molecular weight is 475 g/mol. The highest BCUT2D eigenvalue weighted by molar-refractivity contribution is 6.13. The first-order chi connectivity index (χ1) is 17.2. The minimum absolute atomic E-state index is 0.170. The van der Waals surface area contributed by atoms with Gasteiger partial charge in [0, 0.05) is 11.1 Å². The molecule has 0 radical (unpaired) electrons. The number of hydrogen-bond acceptors (Lipinski definition) is 3. The van der Waals surface area contributed by atoms with Gasteiger partial charge in [0.2, 0.25) is 0 Å². The van der Waals surface area contributed by atoms with Crippen LogP contribution in [0.3, 0.4) is 0 Å². The van der Waals surface area contributed by atoms with Crippen LogP contribution < -0.4 is 9.47 Å². The van der Waals surface area contributed by atoms with Crippen LogP contribution in [0, 0.1) is 0 Å². The third kappa shape index (κ3) is 9.39. The fourth-order valence-corrected chi connectivity index (χ4v) is 4.34. The van der Waals surface area contributed by atoms with Crippen LogP contribution in [-0.4, -0.2) is 19.0 Å². The number of Topliss-reactive ketones (excluding diaryl/α,β-unsaturated/α-hetero) is 1. The Morgan fingerprint density at radius 3 is 1.46 bits per heavy atom. The molecule has 1 aliphatic rings. The van der Waals surface area contributed by atoms with Gasteiger partial charge in [0.15, 0.2) is 5.78 Å². The predicted octanol–water partition coefficient (Wildman–Crippen LogP) is 8.82. The van der Waals surface area contributed by atoms with E-state index in [0.29, 0.717) is 0 Å². The lowest BCUT2D eigenvalue weighted by molar-refractivity contribution is -0.112. The van der Waals surface area contributed by atoms with E-state index in [1.165, 1.54) is 38.5 Å². The van der Waals surface area contributed by atoms with Gasteiger partial charge in [0.25, 0.3) is 0 Å². The lowest BCUT2D eigenvalue weighted by Crippen LogP contribution is -2.12. The molecular weight excluding hydrogens is 432 g/mol. The first-order valence-electron chi connectivity index (χ1n) is 13.6. The number of unbranched alkanes of at least 4 members (excludes halogenated alkanes) is 6. The number of ether oxygens (including phenoxy) is 2. The van der Waals surface area contributed by atoms with Crippen molar-refractivity contribution in [2.24, 2.45) is 0 Å². The van der Waals surface area contributed by atoms with E-state index in [2.05, 4.69) is 13.8 Å². The number of hydrogen-bond donors (Lipinski definition) is 0. The lowest BCUT2D eigenvalue weighted by atomic mass is 9.87. The van der Waals surface area contributed by atoms with Gasteiger partial charge in [-0.2, -0.15) is 0 Å². The van der Waals surface area contributed by atoms with E-state index in [9.17, 15) is 4.79 Å². The topological polar surface area (TPSA) is 35.5 Å². The Morgan fingerprint density at radius 2 is 1.06 bits per heavy atom. The molecule has 1 aliphatic carbocycles. The summed E-state index contributed by atoms with van der Waals surface area (Å²) in [6.45, 7) is 5.96. The van der Waals surface area contributed by atoms with Crippen molar-refractivity contribution >= 4 is 17.9 Å². The summed E-state index contributed by atoms with van der Waals surface area (Å²) in [6, 6.07) is 16.2. The maximum Gasteiger partial charge on any atom is 0.185 e. The van der Waals surface area contributed by atoms with Crippen molar-refractivity contribution in [3.8, 4) is 11.5 Å². The van der Waals surface area contributed by atoms with Crippen LogP contribution in [0.2, 0.25) is 0 Å². The predicted molar refractivity (Wildman–Crippen MR) is 147 cm³/mol. The van der Waals surface area contributed by atoms with Crippen molar-refractivity contribution in [1.82, 2.24) is 0 Å². The van der Waals surface area contributed by atoms with Crippen LogP contribution >= 0.6 is 0 Å². The third-order valence-electron chi connectivity index (χ3n) is 6.45. The molecular formula is C32H42O3. The van der Waals surface area contributed by atoms with Crippen molar-refractivity contribution in [2.75, 3.05) is 13.2 Å². The highest BCUT2D eigenvalue weighted by Gasteiger charge is 2.20. The smallest absolute Gasteiger partial charge is 0.185 e. The Balaban J connectivity index is 1.54. The minimum Gasteiger partial charge on any atom is -0.494 e. The summed E-state index contributed by atoms with van der Waals surface area (Å²) in [7, 11) is 0. The molecule has 188 valence electrons. The second-order valence-electron chi connectivity index (χ2n) is 9.48. The van der Waals surface area contributed by atoms with Crippen molar-refractivity contribution < 1.29 is 14.3 Å². The SMILES string of the molecule is CCCCCCOc1ccc(/C=C2/CCC/C(=C\c3ccc(OCCCCCC)cc3)C2=O)cc1. The van der Waals surface area contributed by atoms with Gasteiger partial charge in [-0.1, -0.05) is 76.6 Å². The maximum absolute atomic E-state index is 13.1. The molecule has 0 spiro atoms.